The van der Waals surface area contributed by atoms with Crippen molar-refractivity contribution in [1.29, 1.82) is 0 Å². The first-order valence-corrected chi connectivity index (χ1v) is 12.9. The minimum absolute atomic E-state index is 0.152. The van der Waals surface area contributed by atoms with Gasteiger partial charge in [0.1, 0.15) is 5.78 Å². The summed E-state index contributed by atoms with van der Waals surface area (Å²) in [6.07, 6.45) is 10.4. The van der Waals surface area contributed by atoms with E-state index >= 15 is 0 Å². The number of anilines is 1. The van der Waals surface area contributed by atoms with E-state index in [1.54, 1.807) is 12.1 Å². The zero-order valence-electron chi connectivity index (χ0n) is 17.9. The normalized spacial score (nSPS) is 22.0. The highest BCUT2D eigenvalue weighted by Gasteiger charge is 2.41. The number of hydrogen-bond donors (Lipinski definition) is 1. The van der Waals surface area contributed by atoms with Crippen molar-refractivity contribution in [3.63, 3.8) is 0 Å². The third-order valence-electron chi connectivity index (χ3n) is 6.77. The lowest BCUT2D eigenvalue weighted by molar-refractivity contribution is -0.119. The van der Waals surface area contributed by atoms with Crippen LogP contribution in [0.2, 0.25) is 0 Å². The maximum atomic E-state index is 13.3. The van der Waals surface area contributed by atoms with Crippen LogP contribution in [-0.4, -0.2) is 35.3 Å². The average molecular weight is 454 g/mol. The minimum Gasteiger partial charge on any atom is -0.309 e. The number of benzene rings is 1. The predicted octanol–water partition coefficient (Wildman–Crippen LogP) is 3.77. The molecule has 1 heterocycles. The molecule has 7 nitrogen and oxygen atoms in total. The van der Waals surface area contributed by atoms with Gasteiger partial charge in [-0.1, -0.05) is 12.1 Å². The number of carbonyl (C=O) groups is 2. The van der Waals surface area contributed by atoms with Crippen molar-refractivity contribution in [2.75, 3.05) is 5.32 Å². The average Bonchev–Trinajstić information content (AvgIpc) is 3.69. The Morgan fingerprint density at radius 1 is 1.12 bits per heavy atom. The molecule has 3 aliphatic rings. The van der Waals surface area contributed by atoms with Gasteiger partial charge in [0.05, 0.1) is 22.3 Å². The van der Waals surface area contributed by atoms with E-state index in [2.05, 4.69) is 15.3 Å². The van der Waals surface area contributed by atoms with Gasteiger partial charge < -0.3 is 5.32 Å². The molecule has 1 aromatic carbocycles. The SMILES string of the molecule is O=C1CC[C@H](C[C@@H](C(=O)Nc2cnccn2)c2ccc(S(=O)(=O)C3CC3)c(C3CC3)c2)C1. The fourth-order valence-corrected chi connectivity index (χ4v) is 6.64. The first kappa shape index (κ1) is 21.2. The summed E-state index contributed by atoms with van der Waals surface area (Å²) in [5.41, 5.74) is 1.66. The molecule has 1 amide bonds. The molecule has 1 N–H and O–H groups in total. The van der Waals surface area contributed by atoms with Crippen LogP contribution >= 0.6 is 0 Å². The molecule has 0 saturated heterocycles. The number of ketones is 1. The summed E-state index contributed by atoms with van der Waals surface area (Å²) >= 11 is 0. The maximum Gasteiger partial charge on any atom is 0.233 e. The van der Waals surface area contributed by atoms with Crippen LogP contribution in [0.5, 0.6) is 0 Å². The van der Waals surface area contributed by atoms with Gasteiger partial charge in [0, 0.05) is 25.2 Å². The second kappa shape index (κ2) is 8.39. The molecule has 3 aliphatic carbocycles. The van der Waals surface area contributed by atoms with E-state index in [1.165, 1.54) is 18.6 Å². The van der Waals surface area contributed by atoms with Gasteiger partial charge >= 0.3 is 0 Å². The zero-order chi connectivity index (χ0) is 22.3. The molecule has 0 unspecified atom stereocenters. The smallest absolute Gasteiger partial charge is 0.233 e. The van der Waals surface area contributed by atoms with E-state index in [4.69, 9.17) is 0 Å². The van der Waals surface area contributed by atoms with Crippen molar-refractivity contribution < 1.29 is 18.0 Å². The molecule has 0 spiro atoms. The lowest BCUT2D eigenvalue weighted by Crippen LogP contribution is -2.24. The number of nitrogens with one attached hydrogen (secondary N) is 1. The van der Waals surface area contributed by atoms with Gasteiger partial charge in [0.25, 0.3) is 0 Å². The summed E-state index contributed by atoms with van der Waals surface area (Å²) in [5.74, 6) is 0.329. The Hall–Kier alpha value is -2.61. The summed E-state index contributed by atoms with van der Waals surface area (Å²) in [6.45, 7) is 0. The summed E-state index contributed by atoms with van der Waals surface area (Å²) in [7, 11) is -3.31. The van der Waals surface area contributed by atoms with Crippen LogP contribution in [0.4, 0.5) is 5.82 Å². The van der Waals surface area contributed by atoms with Gasteiger partial charge in [-0.15, -0.1) is 0 Å². The molecule has 3 fully saturated rings. The largest absolute Gasteiger partial charge is 0.309 e. The van der Waals surface area contributed by atoms with Crippen molar-refractivity contribution in [3.8, 4) is 0 Å². The Kier molecular flexibility index (Phi) is 5.57. The highest BCUT2D eigenvalue weighted by Crippen LogP contribution is 2.47. The summed E-state index contributed by atoms with van der Waals surface area (Å²) < 4.78 is 26.0. The van der Waals surface area contributed by atoms with Crippen LogP contribution in [0.1, 0.15) is 74.3 Å². The number of nitrogens with zero attached hydrogens (tertiary/aromatic N) is 2. The maximum absolute atomic E-state index is 13.3. The highest BCUT2D eigenvalue weighted by molar-refractivity contribution is 7.92. The van der Waals surface area contributed by atoms with Crippen LogP contribution in [0.3, 0.4) is 0 Å². The molecule has 0 bridgehead atoms. The van der Waals surface area contributed by atoms with Gasteiger partial charge in [-0.25, -0.2) is 13.4 Å². The number of carbonyl (C=O) groups excluding carboxylic acids is 2. The van der Waals surface area contributed by atoms with Crippen molar-refractivity contribution in [2.24, 2.45) is 5.92 Å². The molecule has 2 atom stereocenters. The van der Waals surface area contributed by atoms with Crippen molar-refractivity contribution in [2.45, 2.75) is 73.3 Å². The third kappa shape index (κ3) is 4.46. The second-order valence-corrected chi connectivity index (χ2v) is 11.5. The van der Waals surface area contributed by atoms with Gasteiger partial charge in [-0.2, -0.15) is 0 Å². The van der Waals surface area contributed by atoms with Crippen molar-refractivity contribution in [1.82, 2.24) is 9.97 Å². The third-order valence-corrected chi connectivity index (χ3v) is 9.10. The molecule has 5 rings (SSSR count). The second-order valence-electron chi connectivity index (χ2n) is 9.33. The summed E-state index contributed by atoms with van der Waals surface area (Å²) in [6, 6.07) is 5.43. The van der Waals surface area contributed by atoms with Crippen LogP contribution in [0, 0.1) is 5.92 Å². The predicted molar refractivity (Wildman–Crippen MR) is 119 cm³/mol. The lowest BCUT2D eigenvalue weighted by Gasteiger charge is -2.22. The number of hydrogen-bond acceptors (Lipinski definition) is 6. The number of amides is 1. The fraction of sp³-hybridized carbons (Fsp3) is 0.500. The monoisotopic (exact) mass is 453 g/mol. The van der Waals surface area contributed by atoms with E-state index in [9.17, 15) is 18.0 Å². The van der Waals surface area contributed by atoms with Gasteiger partial charge in [0.2, 0.25) is 5.91 Å². The number of sulfone groups is 1. The van der Waals surface area contributed by atoms with Crippen LogP contribution in [0.25, 0.3) is 0 Å². The van der Waals surface area contributed by atoms with Gasteiger partial charge in [0.15, 0.2) is 15.7 Å². The summed E-state index contributed by atoms with van der Waals surface area (Å²) in [5, 5.41) is 2.59. The fourth-order valence-electron chi connectivity index (χ4n) is 4.71. The molecular weight excluding hydrogens is 426 g/mol. The number of rotatable bonds is 8. The minimum atomic E-state index is -3.31. The van der Waals surface area contributed by atoms with Crippen LogP contribution in [0.15, 0.2) is 41.7 Å². The Morgan fingerprint density at radius 2 is 1.94 bits per heavy atom. The van der Waals surface area contributed by atoms with E-state index in [1.807, 2.05) is 6.07 Å². The van der Waals surface area contributed by atoms with Gasteiger partial charge in [-0.3, -0.25) is 14.6 Å². The Bertz CT molecular complexity index is 1140. The molecule has 2 aromatic rings. The van der Waals surface area contributed by atoms with E-state index in [0.717, 1.165) is 43.2 Å². The van der Waals surface area contributed by atoms with E-state index < -0.39 is 15.8 Å². The molecule has 1 aromatic heterocycles. The number of Topliss-reactive ketones (excluding diaryl/α,β-unsaturated/α-hetero) is 1. The Labute approximate surface area is 188 Å². The Balaban J connectivity index is 1.48. The lowest BCUT2D eigenvalue weighted by atomic mass is 9.86. The van der Waals surface area contributed by atoms with Crippen molar-refractivity contribution in [3.05, 3.63) is 47.9 Å². The molecule has 0 aliphatic heterocycles. The Morgan fingerprint density at radius 3 is 2.56 bits per heavy atom. The van der Waals surface area contributed by atoms with E-state index in [0.29, 0.717) is 30.0 Å². The van der Waals surface area contributed by atoms with E-state index in [-0.39, 0.29) is 28.8 Å². The van der Waals surface area contributed by atoms with Crippen LogP contribution < -0.4 is 5.32 Å². The topological polar surface area (TPSA) is 106 Å². The standard InChI is InChI=1S/C24H27N3O4S/c28-18-5-1-15(11-18)12-21(24(29)27-23-14-25-9-10-26-23)17-4-8-22(20(13-17)16-2-3-16)32(30,31)19-6-7-19/h4,8-10,13-16,19,21H,1-3,5-7,11-12H2,(H,26,27,29)/t15-,21+/m0/s1. The van der Waals surface area contributed by atoms with Crippen molar-refractivity contribution >= 4 is 27.3 Å². The van der Waals surface area contributed by atoms with Crippen LogP contribution in [-0.2, 0) is 19.4 Å². The molecule has 32 heavy (non-hydrogen) atoms. The molecule has 8 heteroatoms. The molecular formula is C24H27N3O4S. The van der Waals surface area contributed by atoms with Gasteiger partial charge in [-0.05, 0) is 67.6 Å². The number of aromatic nitrogens is 2. The highest BCUT2D eigenvalue weighted by atomic mass is 32.2. The summed E-state index contributed by atoms with van der Waals surface area (Å²) in [4.78, 5) is 33.7. The molecule has 3 saturated carbocycles. The molecule has 0 radical (unpaired) electrons. The zero-order valence-corrected chi connectivity index (χ0v) is 18.7. The quantitative estimate of drug-likeness (QED) is 0.652. The first-order valence-electron chi connectivity index (χ1n) is 11.4. The first-order chi connectivity index (χ1) is 15.4. The molecule has 168 valence electrons.